The predicted octanol–water partition coefficient (Wildman–Crippen LogP) is 4.44. The lowest BCUT2D eigenvalue weighted by Gasteiger charge is -2.25. The quantitative estimate of drug-likeness (QED) is 0.773. The van der Waals surface area contributed by atoms with Crippen LogP contribution in [0.25, 0.3) is 0 Å². The first-order valence-corrected chi connectivity index (χ1v) is 7.14. The number of nitrogens with one attached hydrogen (secondary N) is 1. The first-order chi connectivity index (χ1) is 8.60. The van der Waals surface area contributed by atoms with E-state index in [1.54, 1.807) is 6.07 Å². The molecular weight excluding hydrogens is 249 g/mol. The molecule has 3 heteroatoms. The van der Waals surface area contributed by atoms with Gasteiger partial charge in [-0.05, 0) is 36.9 Å². The molecule has 1 N–H and O–H groups in total. The molecule has 0 amide bonds. The molecular formula is C15H23ClFN. The molecule has 1 aromatic carbocycles. The van der Waals surface area contributed by atoms with Crippen LogP contribution < -0.4 is 5.32 Å². The molecule has 0 fully saturated rings. The van der Waals surface area contributed by atoms with E-state index in [-0.39, 0.29) is 10.8 Å². The van der Waals surface area contributed by atoms with E-state index < -0.39 is 0 Å². The highest BCUT2D eigenvalue weighted by molar-refractivity contribution is 6.31. The van der Waals surface area contributed by atoms with Crippen LogP contribution in [0, 0.1) is 11.7 Å². The van der Waals surface area contributed by atoms with Gasteiger partial charge in [0.05, 0.1) is 5.02 Å². The smallest absolute Gasteiger partial charge is 0.142 e. The molecule has 1 nitrogen and oxygen atoms in total. The fourth-order valence-corrected chi connectivity index (χ4v) is 2.23. The predicted molar refractivity (Wildman–Crippen MR) is 76.7 cm³/mol. The van der Waals surface area contributed by atoms with Crippen LogP contribution in [0.15, 0.2) is 18.2 Å². The van der Waals surface area contributed by atoms with E-state index in [0.29, 0.717) is 12.0 Å². The summed E-state index contributed by atoms with van der Waals surface area (Å²) in [6.07, 6.45) is 2.99. The number of hydrogen-bond acceptors (Lipinski definition) is 1. The van der Waals surface area contributed by atoms with Gasteiger partial charge in [-0.25, -0.2) is 4.39 Å². The largest absolute Gasteiger partial charge is 0.313 e. The van der Waals surface area contributed by atoms with Crippen LogP contribution in [0.5, 0.6) is 0 Å². The Morgan fingerprint density at radius 2 is 2.06 bits per heavy atom. The minimum absolute atomic E-state index is 0.268. The Hall–Kier alpha value is -0.600. The monoisotopic (exact) mass is 271 g/mol. The van der Waals surface area contributed by atoms with Crippen molar-refractivity contribution in [1.29, 1.82) is 0 Å². The van der Waals surface area contributed by atoms with Crippen LogP contribution in [-0.2, 0) is 6.42 Å². The van der Waals surface area contributed by atoms with Crippen molar-refractivity contribution in [1.82, 2.24) is 5.32 Å². The minimum Gasteiger partial charge on any atom is -0.313 e. The third-order valence-electron chi connectivity index (χ3n) is 3.46. The molecule has 0 bridgehead atoms. The number of benzene rings is 1. The molecule has 0 heterocycles. The lowest BCUT2D eigenvalue weighted by molar-refractivity contribution is 0.364. The second kappa shape index (κ2) is 7.75. The molecule has 0 aliphatic carbocycles. The summed E-state index contributed by atoms with van der Waals surface area (Å²) in [4.78, 5) is 0. The van der Waals surface area contributed by atoms with Gasteiger partial charge >= 0.3 is 0 Å². The standard InChI is InChI=1S/C15H23ClFN/c1-4-9-18-14(11(3)5-2)10-12-7-6-8-13(17)15(12)16/h6-8,11,14,18H,4-5,9-10H2,1-3H3. The van der Waals surface area contributed by atoms with Gasteiger partial charge < -0.3 is 5.32 Å². The molecule has 18 heavy (non-hydrogen) atoms. The van der Waals surface area contributed by atoms with Crippen molar-refractivity contribution >= 4 is 11.6 Å². The fraction of sp³-hybridized carbons (Fsp3) is 0.600. The van der Waals surface area contributed by atoms with Gasteiger partial charge in [0.15, 0.2) is 0 Å². The van der Waals surface area contributed by atoms with Crippen LogP contribution in [0.2, 0.25) is 5.02 Å². The van der Waals surface area contributed by atoms with Crippen LogP contribution in [-0.4, -0.2) is 12.6 Å². The van der Waals surface area contributed by atoms with E-state index in [4.69, 9.17) is 11.6 Å². The Morgan fingerprint density at radius 3 is 2.67 bits per heavy atom. The summed E-state index contributed by atoms with van der Waals surface area (Å²) in [6, 6.07) is 5.40. The van der Waals surface area contributed by atoms with E-state index in [0.717, 1.165) is 31.4 Å². The van der Waals surface area contributed by atoms with Gasteiger partial charge in [0, 0.05) is 6.04 Å². The maximum absolute atomic E-state index is 13.4. The lowest BCUT2D eigenvalue weighted by atomic mass is 9.93. The zero-order valence-corrected chi connectivity index (χ0v) is 12.2. The molecule has 1 rings (SSSR count). The summed E-state index contributed by atoms with van der Waals surface area (Å²) in [5.74, 6) is 0.225. The van der Waals surface area contributed by atoms with Crippen LogP contribution in [0.4, 0.5) is 4.39 Å². The van der Waals surface area contributed by atoms with Crippen molar-refractivity contribution in [2.75, 3.05) is 6.54 Å². The molecule has 0 saturated carbocycles. The highest BCUT2D eigenvalue weighted by Gasteiger charge is 2.17. The third kappa shape index (κ3) is 4.25. The van der Waals surface area contributed by atoms with E-state index >= 15 is 0 Å². The van der Waals surface area contributed by atoms with Gasteiger partial charge in [0.2, 0.25) is 0 Å². The molecule has 0 aromatic heterocycles. The third-order valence-corrected chi connectivity index (χ3v) is 3.88. The SMILES string of the molecule is CCCNC(Cc1cccc(F)c1Cl)C(C)CC. The van der Waals surface area contributed by atoms with Gasteiger partial charge in [-0.15, -0.1) is 0 Å². The molecule has 1 aromatic rings. The summed E-state index contributed by atoms with van der Waals surface area (Å²) >= 11 is 6.02. The fourth-order valence-electron chi connectivity index (χ4n) is 2.03. The highest BCUT2D eigenvalue weighted by atomic mass is 35.5. The van der Waals surface area contributed by atoms with Gasteiger partial charge in [-0.3, -0.25) is 0 Å². The van der Waals surface area contributed by atoms with Crippen molar-refractivity contribution in [2.24, 2.45) is 5.92 Å². The Bertz CT molecular complexity index is 368. The molecule has 0 spiro atoms. The van der Waals surface area contributed by atoms with E-state index in [1.807, 2.05) is 6.07 Å². The van der Waals surface area contributed by atoms with E-state index in [1.165, 1.54) is 6.07 Å². The van der Waals surface area contributed by atoms with Crippen LogP contribution in [0.1, 0.15) is 39.2 Å². The van der Waals surface area contributed by atoms with Crippen molar-refractivity contribution in [2.45, 2.75) is 46.1 Å². The van der Waals surface area contributed by atoms with Gasteiger partial charge in [0.1, 0.15) is 5.82 Å². The first kappa shape index (κ1) is 15.5. The van der Waals surface area contributed by atoms with Crippen molar-refractivity contribution < 1.29 is 4.39 Å². The summed E-state index contributed by atoms with van der Waals surface area (Å²) in [7, 11) is 0. The lowest BCUT2D eigenvalue weighted by Crippen LogP contribution is -2.37. The summed E-state index contributed by atoms with van der Waals surface area (Å²) in [5, 5.41) is 3.80. The first-order valence-electron chi connectivity index (χ1n) is 6.76. The van der Waals surface area contributed by atoms with Gasteiger partial charge in [0.25, 0.3) is 0 Å². The van der Waals surface area contributed by atoms with Gasteiger partial charge in [-0.2, -0.15) is 0 Å². The van der Waals surface area contributed by atoms with Crippen LogP contribution >= 0.6 is 11.6 Å². The Labute approximate surface area is 115 Å². The summed E-state index contributed by atoms with van der Waals surface area (Å²) < 4.78 is 13.4. The second-order valence-corrected chi connectivity index (χ2v) is 5.24. The molecule has 0 aliphatic heterocycles. The Balaban J connectivity index is 2.78. The average molecular weight is 272 g/mol. The molecule has 2 atom stereocenters. The molecule has 102 valence electrons. The van der Waals surface area contributed by atoms with Crippen molar-refractivity contribution in [3.05, 3.63) is 34.6 Å². The zero-order valence-electron chi connectivity index (χ0n) is 11.5. The molecule has 0 radical (unpaired) electrons. The van der Waals surface area contributed by atoms with E-state index in [9.17, 15) is 4.39 Å². The molecule has 0 saturated heterocycles. The number of hydrogen-bond donors (Lipinski definition) is 1. The molecule has 2 unspecified atom stereocenters. The second-order valence-electron chi connectivity index (χ2n) is 4.86. The van der Waals surface area contributed by atoms with E-state index in [2.05, 4.69) is 26.1 Å². The summed E-state index contributed by atoms with van der Waals surface area (Å²) in [6.45, 7) is 7.54. The van der Waals surface area contributed by atoms with Crippen LogP contribution in [0.3, 0.4) is 0 Å². The summed E-state index contributed by atoms with van der Waals surface area (Å²) in [5.41, 5.74) is 0.894. The Morgan fingerprint density at radius 1 is 1.33 bits per heavy atom. The normalized spacial score (nSPS) is 14.5. The molecule has 0 aliphatic rings. The number of halogens is 2. The Kier molecular flexibility index (Phi) is 6.66. The van der Waals surface area contributed by atoms with Crippen molar-refractivity contribution in [3.63, 3.8) is 0 Å². The number of rotatable bonds is 7. The van der Waals surface area contributed by atoms with Gasteiger partial charge in [-0.1, -0.05) is 50.9 Å². The zero-order chi connectivity index (χ0) is 13.5. The highest BCUT2D eigenvalue weighted by Crippen LogP contribution is 2.23. The minimum atomic E-state index is -0.326. The maximum Gasteiger partial charge on any atom is 0.142 e. The van der Waals surface area contributed by atoms with Crippen molar-refractivity contribution in [3.8, 4) is 0 Å². The average Bonchev–Trinajstić information content (AvgIpc) is 2.38. The maximum atomic E-state index is 13.4. The topological polar surface area (TPSA) is 12.0 Å².